The molecule has 3 aromatic rings. The van der Waals surface area contributed by atoms with Gasteiger partial charge in [-0.1, -0.05) is 6.07 Å². The number of H-pyrrole nitrogens is 1. The minimum Gasteiger partial charge on any atom is -0.346 e. The van der Waals surface area contributed by atoms with Gasteiger partial charge in [0.05, 0.1) is 11.4 Å². The van der Waals surface area contributed by atoms with Crippen LogP contribution in [0.1, 0.15) is 12.5 Å². The Hall–Kier alpha value is -2.34. The monoisotopic (exact) mass is 315 g/mol. The summed E-state index contributed by atoms with van der Waals surface area (Å²) in [5, 5.41) is 1.05. The fraction of sp³-hybridized carbons (Fsp3) is 0.188. The van der Waals surface area contributed by atoms with Crippen LogP contribution in [0.2, 0.25) is 0 Å². The van der Waals surface area contributed by atoms with Crippen molar-refractivity contribution in [2.24, 2.45) is 0 Å². The molecule has 2 heterocycles. The van der Waals surface area contributed by atoms with Crippen molar-refractivity contribution in [3.05, 3.63) is 48.3 Å². The van der Waals surface area contributed by atoms with E-state index in [1.165, 1.54) is 0 Å². The van der Waals surface area contributed by atoms with E-state index < -0.39 is 10.0 Å². The predicted octanol–water partition coefficient (Wildman–Crippen LogP) is 3.30. The summed E-state index contributed by atoms with van der Waals surface area (Å²) in [6.07, 6.45) is 3.62. The Morgan fingerprint density at radius 3 is 2.77 bits per heavy atom. The molecular weight excluding hydrogens is 298 g/mol. The molecule has 0 bridgehead atoms. The van der Waals surface area contributed by atoms with Gasteiger partial charge in [0.15, 0.2) is 0 Å². The molecule has 0 saturated carbocycles. The topological polar surface area (TPSA) is 74.8 Å². The smallest absolute Gasteiger partial charge is 0.232 e. The number of rotatable bonds is 4. The number of aromatic nitrogens is 2. The second kappa shape index (κ2) is 5.46. The Balaban J connectivity index is 2.04. The summed E-state index contributed by atoms with van der Waals surface area (Å²) in [6.45, 7) is 3.51. The van der Waals surface area contributed by atoms with Crippen molar-refractivity contribution in [1.29, 1.82) is 0 Å². The first-order valence-electron chi connectivity index (χ1n) is 7.04. The maximum atomic E-state index is 11.7. The van der Waals surface area contributed by atoms with Crippen molar-refractivity contribution in [1.82, 2.24) is 9.97 Å². The summed E-state index contributed by atoms with van der Waals surface area (Å²) < 4.78 is 26.0. The third-order valence-corrected chi connectivity index (χ3v) is 4.93. The average Bonchev–Trinajstić information content (AvgIpc) is 2.97. The quantitative estimate of drug-likeness (QED) is 0.775. The fourth-order valence-corrected chi connectivity index (χ4v) is 3.11. The van der Waals surface area contributed by atoms with Crippen LogP contribution in [-0.4, -0.2) is 24.1 Å². The van der Waals surface area contributed by atoms with Gasteiger partial charge in [-0.3, -0.25) is 4.72 Å². The molecule has 0 aliphatic heterocycles. The fourth-order valence-electron chi connectivity index (χ4n) is 2.40. The molecule has 0 amide bonds. The molecule has 0 saturated heterocycles. The highest BCUT2D eigenvalue weighted by Gasteiger charge is 2.11. The number of pyridine rings is 1. The van der Waals surface area contributed by atoms with Crippen LogP contribution >= 0.6 is 0 Å². The summed E-state index contributed by atoms with van der Waals surface area (Å²) in [5.41, 5.74) is 4.44. The summed E-state index contributed by atoms with van der Waals surface area (Å²) in [4.78, 5) is 7.37. The van der Waals surface area contributed by atoms with Gasteiger partial charge in [0.25, 0.3) is 0 Å². The van der Waals surface area contributed by atoms with Crippen LogP contribution in [0.15, 0.2) is 42.7 Å². The van der Waals surface area contributed by atoms with Crippen LogP contribution in [0, 0.1) is 6.92 Å². The standard InChI is InChI=1S/C16H17N3O2S/c1-3-22(20,21)19-15-5-4-12(10-11(15)2)13-6-8-17-16-14(13)7-9-18-16/h4-10,19H,3H2,1-2H3,(H,17,18). The first kappa shape index (κ1) is 14.6. The second-order valence-electron chi connectivity index (χ2n) is 5.13. The second-order valence-corrected chi connectivity index (χ2v) is 7.14. The maximum Gasteiger partial charge on any atom is 0.232 e. The number of sulfonamides is 1. The van der Waals surface area contributed by atoms with Crippen LogP contribution in [-0.2, 0) is 10.0 Å². The molecule has 2 aromatic heterocycles. The predicted molar refractivity (Wildman–Crippen MR) is 89.4 cm³/mol. The molecule has 0 fully saturated rings. The van der Waals surface area contributed by atoms with Crippen molar-refractivity contribution < 1.29 is 8.42 Å². The van der Waals surface area contributed by atoms with E-state index in [1.807, 2.05) is 37.4 Å². The number of aryl methyl sites for hydroxylation is 1. The maximum absolute atomic E-state index is 11.7. The van der Waals surface area contributed by atoms with Gasteiger partial charge in [-0.05, 0) is 54.8 Å². The zero-order chi connectivity index (χ0) is 15.7. The van der Waals surface area contributed by atoms with Crippen molar-refractivity contribution in [3.63, 3.8) is 0 Å². The van der Waals surface area contributed by atoms with Crippen LogP contribution in [0.25, 0.3) is 22.2 Å². The number of nitrogens with zero attached hydrogens (tertiary/aromatic N) is 1. The highest BCUT2D eigenvalue weighted by atomic mass is 32.2. The lowest BCUT2D eigenvalue weighted by atomic mass is 10.0. The zero-order valence-electron chi connectivity index (χ0n) is 12.4. The highest BCUT2D eigenvalue weighted by molar-refractivity contribution is 7.92. The van der Waals surface area contributed by atoms with Gasteiger partial charge in [0, 0.05) is 17.8 Å². The Labute approximate surface area is 129 Å². The molecule has 5 nitrogen and oxygen atoms in total. The Kier molecular flexibility index (Phi) is 3.62. The molecule has 0 atom stereocenters. The molecule has 0 spiro atoms. The van der Waals surface area contributed by atoms with Gasteiger partial charge in [-0.25, -0.2) is 13.4 Å². The lowest BCUT2D eigenvalue weighted by Crippen LogP contribution is -2.15. The molecule has 114 valence electrons. The van der Waals surface area contributed by atoms with Crippen molar-refractivity contribution >= 4 is 26.7 Å². The van der Waals surface area contributed by atoms with E-state index in [0.29, 0.717) is 5.69 Å². The SMILES string of the molecule is CCS(=O)(=O)Nc1ccc(-c2ccnc3[nH]ccc23)cc1C. The zero-order valence-corrected chi connectivity index (χ0v) is 13.2. The minimum absolute atomic E-state index is 0.0581. The van der Waals surface area contributed by atoms with Gasteiger partial charge in [-0.15, -0.1) is 0 Å². The van der Waals surface area contributed by atoms with Crippen molar-refractivity contribution in [3.8, 4) is 11.1 Å². The Bertz CT molecular complexity index is 929. The molecule has 6 heteroatoms. The van der Waals surface area contributed by atoms with Crippen LogP contribution < -0.4 is 4.72 Å². The average molecular weight is 315 g/mol. The number of aromatic amines is 1. The van der Waals surface area contributed by atoms with Gasteiger partial charge in [0.1, 0.15) is 5.65 Å². The largest absolute Gasteiger partial charge is 0.346 e. The minimum atomic E-state index is -3.26. The molecule has 0 aliphatic rings. The molecule has 3 rings (SSSR count). The highest BCUT2D eigenvalue weighted by Crippen LogP contribution is 2.30. The number of nitrogens with one attached hydrogen (secondary N) is 2. The third-order valence-electron chi connectivity index (χ3n) is 3.64. The van der Waals surface area contributed by atoms with E-state index in [-0.39, 0.29) is 5.75 Å². The normalized spacial score (nSPS) is 11.7. The summed E-state index contributed by atoms with van der Waals surface area (Å²) in [5.74, 6) is 0.0581. The van der Waals surface area contributed by atoms with Crippen LogP contribution in [0.5, 0.6) is 0 Å². The Morgan fingerprint density at radius 1 is 1.23 bits per heavy atom. The van der Waals surface area contributed by atoms with Gasteiger partial charge < -0.3 is 4.98 Å². The molecule has 2 N–H and O–H groups in total. The molecule has 0 unspecified atom stereocenters. The van der Waals surface area contributed by atoms with Crippen molar-refractivity contribution in [2.45, 2.75) is 13.8 Å². The summed E-state index contributed by atoms with van der Waals surface area (Å²) >= 11 is 0. The van der Waals surface area contributed by atoms with Gasteiger partial charge in [-0.2, -0.15) is 0 Å². The van der Waals surface area contributed by atoms with Gasteiger partial charge in [0.2, 0.25) is 10.0 Å². The van der Waals surface area contributed by atoms with E-state index in [1.54, 1.807) is 19.2 Å². The number of benzene rings is 1. The third kappa shape index (κ3) is 2.69. The number of hydrogen-bond acceptors (Lipinski definition) is 3. The summed E-state index contributed by atoms with van der Waals surface area (Å²) in [7, 11) is -3.26. The van der Waals surface area contributed by atoms with E-state index in [0.717, 1.165) is 27.7 Å². The van der Waals surface area contributed by atoms with E-state index >= 15 is 0 Å². The van der Waals surface area contributed by atoms with Crippen LogP contribution in [0.3, 0.4) is 0 Å². The Morgan fingerprint density at radius 2 is 2.05 bits per heavy atom. The molecular formula is C16H17N3O2S. The van der Waals surface area contributed by atoms with Crippen LogP contribution in [0.4, 0.5) is 5.69 Å². The number of fused-ring (bicyclic) bond motifs is 1. The van der Waals surface area contributed by atoms with Crippen molar-refractivity contribution in [2.75, 3.05) is 10.5 Å². The lowest BCUT2D eigenvalue weighted by Gasteiger charge is -2.11. The molecule has 0 radical (unpaired) electrons. The molecule has 0 aliphatic carbocycles. The van der Waals surface area contributed by atoms with Gasteiger partial charge >= 0.3 is 0 Å². The molecule has 1 aromatic carbocycles. The van der Waals surface area contributed by atoms with E-state index in [2.05, 4.69) is 14.7 Å². The number of hydrogen-bond donors (Lipinski definition) is 2. The van der Waals surface area contributed by atoms with E-state index in [4.69, 9.17) is 0 Å². The first-order valence-corrected chi connectivity index (χ1v) is 8.69. The number of anilines is 1. The summed E-state index contributed by atoms with van der Waals surface area (Å²) in [6, 6.07) is 9.65. The molecule has 22 heavy (non-hydrogen) atoms. The van der Waals surface area contributed by atoms with E-state index in [9.17, 15) is 8.42 Å². The first-order chi connectivity index (χ1) is 10.5. The lowest BCUT2D eigenvalue weighted by molar-refractivity contribution is 0.602.